The van der Waals surface area contributed by atoms with Crippen LogP contribution in [0.1, 0.15) is 57.7 Å². The molecule has 0 radical (unpaired) electrons. The van der Waals surface area contributed by atoms with E-state index in [1.54, 1.807) is 26.2 Å². The summed E-state index contributed by atoms with van der Waals surface area (Å²) in [5.41, 5.74) is 2.70. The maximum absolute atomic E-state index is 13.6. The molecule has 2 aromatic carbocycles. The molecule has 4 atom stereocenters. The molecule has 3 N–H and O–H groups in total. The van der Waals surface area contributed by atoms with Crippen molar-refractivity contribution in [3.63, 3.8) is 0 Å². The third-order valence-electron chi connectivity index (χ3n) is 7.65. The summed E-state index contributed by atoms with van der Waals surface area (Å²) < 4.78 is 21.9. The van der Waals surface area contributed by atoms with E-state index in [1.165, 1.54) is 34.3 Å². The number of ether oxygens (including phenoxy) is 4. The topological polar surface area (TPSA) is 141 Å². The number of amides is 2. The molecule has 1 aliphatic carbocycles. The van der Waals surface area contributed by atoms with E-state index in [-0.39, 0.29) is 22.9 Å². The number of aryl methyl sites for hydroxylation is 1. The van der Waals surface area contributed by atoms with Gasteiger partial charge in [0.25, 0.3) is 0 Å². The van der Waals surface area contributed by atoms with Gasteiger partial charge in [-0.25, -0.2) is 4.79 Å². The Kier molecular flexibility index (Phi) is 10.8. The lowest BCUT2D eigenvalue weighted by Gasteiger charge is -2.24. The first-order valence-electron chi connectivity index (χ1n) is 13.9. The fraction of sp³-hybridized carbons (Fsp3) is 0.484. The SMILES string of the molecule is CC[C@@H](C)[C@H](NC(=O)[C@H](C)Nc1ccc2c(cc1=O)[C@@H](NC(C)=O)CCc1cc(OC)c(OC)c(OC)c1-2)C(=O)OC. The molecule has 2 amide bonds. The van der Waals surface area contributed by atoms with Crippen LogP contribution in [0.2, 0.25) is 0 Å². The van der Waals surface area contributed by atoms with Crippen LogP contribution in [-0.2, 0) is 25.5 Å². The van der Waals surface area contributed by atoms with Crippen LogP contribution in [0.5, 0.6) is 17.2 Å². The van der Waals surface area contributed by atoms with Gasteiger partial charge in [0.2, 0.25) is 23.0 Å². The lowest BCUT2D eigenvalue weighted by molar-refractivity contribution is -0.146. The van der Waals surface area contributed by atoms with Crippen LogP contribution in [0, 0.1) is 5.92 Å². The van der Waals surface area contributed by atoms with E-state index in [2.05, 4.69) is 16.0 Å². The summed E-state index contributed by atoms with van der Waals surface area (Å²) >= 11 is 0. The Hall–Kier alpha value is -4.28. The summed E-state index contributed by atoms with van der Waals surface area (Å²) in [5.74, 6) is -0.0280. The number of hydrogen-bond acceptors (Lipinski definition) is 9. The van der Waals surface area contributed by atoms with E-state index in [1.807, 2.05) is 19.9 Å². The van der Waals surface area contributed by atoms with Gasteiger partial charge in [-0.2, -0.15) is 0 Å². The average Bonchev–Trinajstić information content (AvgIpc) is 3.22. The number of carbonyl (C=O) groups excluding carboxylic acids is 3. The molecule has 3 rings (SSSR count). The van der Waals surface area contributed by atoms with Gasteiger partial charge in [-0.3, -0.25) is 14.4 Å². The van der Waals surface area contributed by atoms with Crippen LogP contribution in [-0.4, -0.2) is 58.3 Å². The highest BCUT2D eigenvalue weighted by Crippen LogP contribution is 2.50. The first-order valence-corrected chi connectivity index (χ1v) is 13.9. The van der Waals surface area contributed by atoms with Gasteiger partial charge in [0.05, 0.1) is 40.2 Å². The number of benzene rings is 1. The van der Waals surface area contributed by atoms with Gasteiger partial charge >= 0.3 is 5.97 Å². The fourth-order valence-corrected chi connectivity index (χ4v) is 5.20. The largest absolute Gasteiger partial charge is 0.493 e. The van der Waals surface area contributed by atoms with E-state index in [0.29, 0.717) is 47.6 Å². The van der Waals surface area contributed by atoms with Crippen LogP contribution >= 0.6 is 0 Å². The first-order chi connectivity index (χ1) is 20.0. The van der Waals surface area contributed by atoms with E-state index < -0.39 is 30.0 Å². The summed E-state index contributed by atoms with van der Waals surface area (Å²) in [4.78, 5) is 51.1. The van der Waals surface area contributed by atoms with Gasteiger partial charge in [0, 0.05) is 12.5 Å². The third-order valence-corrected chi connectivity index (χ3v) is 7.65. The molecule has 228 valence electrons. The molecule has 2 aromatic rings. The highest BCUT2D eigenvalue weighted by Gasteiger charge is 2.31. The second-order valence-corrected chi connectivity index (χ2v) is 10.4. The van der Waals surface area contributed by atoms with Crippen molar-refractivity contribution >= 4 is 23.5 Å². The first kappa shape index (κ1) is 32.2. The van der Waals surface area contributed by atoms with E-state index >= 15 is 0 Å². The Morgan fingerprint density at radius 1 is 1.00 bits per heavy atom. The van der Waals surface area contributed by atoms with Gasteiger partial charge in [-0.05, 0) is 60.6 Å². The number of carbonyl (C=O) groups is 3. The number of anilines is 1. The Labute approximate surface area is 246 Å². The average molecular weight is 584 g/mol. The number of rotatable bonds is 11. The van der Waals surface area contributed by atoms with Gasteiger partial charge in [0.1, 0.15) is 12.1 Å². The van der Waals surface area contributed by atoms with Crippen LogP contribution in [0.25, 0.3) is 11.1 Å². The molecular weight excluding hydrogens is 542 g/mol. The molecule has 0 aliphatic heterocycles. The third kappa shape index (κ3) is 6.78. The van der Waals surface area contributed by atoms with Crippen molar-refractivity contribution in [1.29, 1.82) is 0 Å². The second kappa shape index (κ2) is 14.1. The van der Waals surface area contributed by atoms with Crippen LogP contribution in [0.15, 0.2) is 29.1 Å². The van der Waals surface area contributed by atoms with E-state index in [4.69, 9.17) is 18.9 Å². The highest BCUT2D eigenvalue weighted by molar-refractivity contribution is 5.89. The van der Waals surface area contributed by atoms with Gasteiger partial charge in [-0.15, -0.1) is 0 Å². The van der Waals surface area contributed by atoms with Crippen molar-refractivity contribution in [2.45, 2.75) is 65.1 Å². The Morgan fingerprint density at radius 2 is 1.69 bits per heavy atom. The smallest absolute Gasteiger partial charge is 0.328 e. The van der Waals surface area contributed by atoms with Gasteiger partial charge < -0.3 is 34.9 Å². The minimum absolute atomic E-state index is 0.148. The normalized spacial score (nSPS) is 15.9. The van der Waals surface area contributed by atoms with Crippen molar-refractivity contribution in [1.82, 2.24) is 10.6 Å². The minimum Gasteiger partial charge on any atom is -0.493 e. The molecule has 0 aromatic heterocycles. The fourth-order valence-electron chi connectivity index (χ4n) is 5.20. The lowest BCUT2D eigenvalue weighted by Crippen LogP contribution is -2.50. The summed E-state index contributed by atoms with van der Waals surface area (Å²) in [6, 6.07) is 4.60. The lowest BCUT2D eigenvalue weighted by atomic mass is 9.95. The zero-order chi connectivity index (χ0) is 31.1. The zero-order valence-corrected chi connectivity index (χ0v) is 25.5. The van der Waals surface area contributed by atoms with E-state index in [0.717, 1.165) is 11.1 Å². The minimum atomic E-state index is -0.853. The highest BCUT2D eigenvalue weighted by atomic mass is 16.5. The summed E-state index contributed by atoms with van der Waals surface area (Å²) in [7, 11) is 5.87. The van der Waals surface area contributed by atoms with Crippen LogP contribution in [0.3, 0.4) is 0 Å². The summed E-state index contributed by atoms with van der Waals surface area (Å²) in [6.07, 6.45) is 1.75. The van der Waals surface area contributed by atoms with Crippen molar-refractivity contribution in [3.8, 4) is 28.4 Å². The molecule has 1 aliphatic rings. The predicted octanol–water partition coefficient (Wildman–Crippen LogP) is 3.37. The summed E-state index contributed by atoms with van der Waals surface area (Å²) in [5, 5.41) is 8.71. The van der Waals surface area contributed by atoms with Crippen molar-refractivity contribution in [2.24, 2.45) is 5.92 Å². The molecule has 0 saturated carbocycles. The zero-order valence-electron chi connectivity index (χ0n) is 25.5. The standard InChI is InChI=1S/C31H41N3O8/c1-9-16(2)27(31(38)42-8)34-30(37)17(3)32-23-13-11-20-21(15-24(23)36)22(33-18(4)35)12-10-19-14-25(39-5)28(40-6)29(41-7)26(19)20/h11,13-17,22,27H,9-10,12H2,1-8H3,(H,32,36)(H,33,35)(H,34,37)/t16-,17+,22+,27+/m1/s1. The van der Waals surface area contributed by atoms with Crippen molar-refractivity contribution in [2.75, 3.05) is 33.8 Å². The molecule has 0 spiro atoms. The predicted molar refractivity (Wildman–Crippen MR) is 159 cm³/mol. The Bertz CT molecular complexity index is 1390. The van der Waals surface area contributed by atoms with Crippen molar-refractivity contribution in [3.05, 3.63) is 45.6 Å². The molecule has 0 bridgehead atoms. The molecular formula is C31H41N3O8. The second-order valence-electron chi connectivity index (χ2n) is 10.4. The molecule has 0 unspecified atom stereocenters. The molecule has 0 heterocycles. The number of fused-ring (bicyclic) bond motifs is 3. The monoisotopic (exact) mass is 583 g/mol. The number of esters is 1. The Balaban J connectivity index is 2.12. The van der Waals surface area contributed by atoms with Gasteiger partial charge in [0.15, 0.2) is 11.5 Å². The molecule has 0 fully saturated rings. The Morgan fingerprint density at radius 3 is 2.26 bits per heavy atom. The van der Waals surface area contributed by atoms with Crippen LogP contribution < -0.4 is 35.6 Å². The maximum atomic E-state index is 13.6. The molecule has 11 nitrogen and oxygen atoms in total. The molecule has 11 heteroatoms. The quantitative estimate of drug-likeness (QED) is 0.340. The number of nitrogens with one attached hydrogen (secondary N) is 3. The van der Waals surface area contributed by atoms with Crippen molar-refractivity contribution < 1.29 is 33.3 Å². The molecule has 42 heavy (non-hydrogen) atoms. The van der Waals surface area contributed by atoms with Gasteiger partial charge in [-0.1, -0.05) is 26.3 Å². The molecule has 0 saturated heterocycles. The maximum Gasteiger partial charge on any atom is 0.328 e. The van der Waals surface area contributed by atoms with E-state index in [9.17, 15) is 19.2 Å². The number of methoxy groups -OCH3 is 4. The van der Waals surface area contributed by atoms with Crippen LogP contribution in [0.4, 0.5) is 5.69 Å². The summed E-state index contributed by atoms with van der Waals surface area (Å²) in [6.45, 7) is 6.80. The number of hydrogen-bond donors (Lipinski definition) is 3.